The Morgan fingerprint density at radius 2 is 1.90 bits per heavy atom. The Morgan fingerprint density at radius 1 is 1.14 bits per heavy atom. The number of rotatable bonds is 4. The minimum atomic E-state index is -0.917. The van der Waals surface area contributed by atoms with Gasteiger partial charge < -0.3 is 5.11 Å². The van der Waals surface area contributed by atoms with E-state index in [1.807, 2.05) is 12.3 Å². The van der Waals surface area contributed by atoms with E-state index >= 15 is 0 Å². The van der Waals surface area contributed by atoms with Gasteiger partial charge in [0.05, 0.1) is 27.0 Å². The molecule has 2 aromatic heterocycles. The Morgan fingerprint density at radius 3 is 2.52 bits per heavy atom. The van der Waals surface area contributed by atoms with Crippen LogP contribution in [0.15, 0.2) is 35.0 Å². The fraction of sp³-hybridized carbons (Fsp3) is 0.133. The first-order chi connectivity index (χ1) is 10.1. The van der Waals surface area contributed by atoms with E-state index in [1.54, 1.807) is 46.9 Å². The van der Waals surface area contributed by atoms with Crippen LogP contribution < -0.4 is 0 Å². The van der Waals surface area contributed by atoms with Crippen molar-refractivity contribution < 1.29 is 9.90 Å². The van der Waals surface area contributed by atoms with Gasteiger partial charge in [-0.15, -0.1) is 22.7 Å². The molecule has 1 aromatic carbocycles. The maximum atomic E-state index is 10.8. The predicted molar refractivity (Wildman–Crippen MR) is 84.2 cm³/mol. The molecule has 0 saturated carbocycles. The molecule has 0 spiro atoms. The predicted octanol–water partition coefficient (Wildman–Crippen LogP) is 3.86. The van der Waals surface area contributed by atoms with Crippen LogP contribution in [0.4, 0.5) is 0 Å². The average Bonchev–Trinajstić information content (AvgIpc) is 3.09. The van der Waals surface area contributed by atoms with Crippen molar-refractivity contribution in [2.24, 2.45) is 0 Å². The fourth-order valence-corrected chi connectivity index (χ4v) is 3.38. The number of thiazole rings is 2. The third-order valence-corrected chi connectivity index (χ3v) is 4.65. The molecule has 0 unspecified atom stereocenters. The van der Waals surface area contributed by atoms with E-state index in [0.29, 0.717) is 0 Å². The van der Waals surface area contributed by atoms with Crippen molar-refractivity contribution in [2.45, 2.75) is 13.3 Å². The second-order valence-electron chi connectivity index (χ2n) is 4.54. The molecular formula is C15H12N2O2S2. The van der Waals surface area contributed by atoms with E-state index in [4.69, 9.17) is 5.11 Å². The lowest BCUT2D eigenvalue weighted by Crippen LogP contribution is -1.95. The number of hydrogen-bond donors (Lipinski definition) is 1. The molecule has 0 bridgehead atoms. The van der Waals surface area contributed by atoms with E-state index < -0.39 is 5.97 Å². The van der Waals surface area contributed by atoms with Gasteiger partial charge >= 0.3 is 5.97 Å². The van der Waals surface area contributed by atoms with Crippen molar-refractivity contribution in [3.8, 4) is 11.3 Å². The number of nitrogens with zero attached hydrogens (tertiary/aromatic N) is 2. The molecule has 0 fully saturated rings. The molecule has 3 aromatic rings. The highest BCUT2D eigenvalue weighted by Crippen LogP contribution is 2.24. The van der Waals surface area contributed by atoms with Gasteiger partial charge in [-0.3, -0.25) is 0 Å². The van der Waals surface area contributed by atoms with E-state index in [1.165, 1.54) is 0 Å². The zero-order valence-corrected chi connectivity index (χ0v) is 12.9. The molecule has 0 amide bonds. The van der Waals surface area contributed by atoms with Gasteiger partial charge in [0, 0.05) is 22.7 Å². The molecule has 6 heteroatoms. The summed E-state index contributed by atoms with van der Waals surface area (Å²) in [4.78, 5) is 19.9. The first-order valence-corrected chi connectivity index (χ1v) is 8.07. The molecule has 106 valence electrons. The van der Waals surface area contributed by atoms with Crippen LogP contribution in [-0.4, -0.2) is 21.0 Å². The average molecular weight is 316 g/mol. The molecule has 3 rings (SSSR count). The highest BCUT2D eigenvalue weighted by molar-refractivity contribution is 7.10. The van der Waals surface area contributed by atoms with Gasteiger partial charge in [-0.2, -0.15) is 0 Å². The van der Waals surface area contributed by atoms with Crippen molar-refractivity contribution in [3.63, 3.8) is 0 Å². The van der Waals surface area contributed by atoms with Crippen molar-refractivity contribution in [1.29, 1.82) is 0 Å². The summed E-state index contributed by atoms with van der Waals surface area (Å²) in [6.07, 6.45) is 0.738. The van der Waals surface area contributed by atoms with Gasteiger partial charge in [0.25, 0.3) is 0 Å². The van der Waals surface area contributed by atoms with E-state index in [-0.39, 0.29) is 5.56 Å². The Hall–Kier alpha value is -2.05. The number of carbonyl (C=O) groups is 1. The van der Waals surface area contributed by atoms with E-state index in [0.717, 1.165) is 33.4 Å². The molecule has 0 aliphatic carbocycles. The molecule has 0 aliphatic heterocycles. The Bertz CT molecular complexity index is 775. The lowest BCUT2D eigenvalue weighted by molar-refractivity contribution is 0.0697. The number of benzene rings is 1. The zero-order chi connectivity index (χ0) is 14.8. The van der Waals surface area contributed by atoms with Crippen LogP contribution in [0, 0.1) is 6.92 Å². The van der Waals surface area contributed by atoms with Gasteiger partial charge in [0.15, 0.2) is 0 Å². The van der Waals surface area contributed by atoms with Crippen LogP contribution in [0.5, 0.6) is 0 Å². The topological polar surface area (TPSA) is 63.1 Å². The molecule has 1 N–H and O–H groups in total. The molecule has 0 atom stereocenters. The van der Waals surface area contributed by atoms with Crippen molar-refractivity contribution >= 4 is 28.6 Å². The highest BCUT2D eigenvalue weighted by Gasteiger charge is 2.08. The Kier molecular flexibility index (Phi) is 3.81. The van der Waals surface area contributed by atoms with Gasteiger partial charge in [0.2, 0.25) is 0 Å². The Labute approximate surface area is 129 Å². The number of aromatic nitrogens is 2. The summed E-state index contributed by atoms with van der Waals surface area (Å²) in [6.45, 7) is 1.99. The summed E-state index contributed by atoms with van der Waals surface area (Å²) < 4.78 is 0. The van der Waals surface area contributed by atoms with Crippen LogP contribution in [0.1, 0.15) is 26.1 Å². The van der Waals surface area contributed by atoms with Crippen LogP contribution in [-0.2, 0) is 6.42 Å². The van der Waals surface area contributed by atoms with Crippen LogP contribution in [0.3, 0.4) is 0 Å². The Balaban J connectivity index is 1.79. The van der Waals surface area contributed by atoms with E-state index in [2.05, 4.69) is 15.3 Å². The minimum absolute atomic E-state index is 0.284. The standard InChI is InChI=1S/C15H12N2O2S2/c1-9-16-12(7-20-9)6-14-17-13(8-21-14)10-2-4-11(5-3-10)15(18)19/h2-5,7-8H,6H2,1H3,(H,18,19). The van der Waals surface area contributed by atoms with Gasteiger partial charge in [-0.1, -0.05) is 12.1 Å². The smallest absolute Gasteiger partial charge is 0.335 e. The van der Waals surface area contributed by atoms with E-state index in [9.17, 15) is 4.79 Å². The number of carboxylic acid groups (broad SMARTS) is 1. The van der Waals surface area contributed by atoms with Gasteiger partial charge in [-0.05, 0) is 19.1 Å². The lowest BCUT2D eigenvalue weighted by Gasteiger charge is -1.98. The van der Waals surface area contributed by atoms with Crippen LogP contribution in [0.25, 0.3) is 11.3 Å². The third kappa shape index (κ3) is 3.17. The summed E-state index contributed by atoms with van der Waals surface area (Å²) in [7, 11) is 0. The maximum absolute atomic E-state index is 10.8. The quantitative estimate of drug-likeness (QED) is 0.794. The SMILES string of the molecule is Cc1nc(Cc2nc(-c3ccc(C(=O)O)cc3)cs2)cs1. The summed E-state index contributed by atoms with van der Waals surface area (Å²) in [6, 6.07) is 6.77. The highest BCUT2D eigenvalue weighted by atomic mass is 32.1. The number of aromatic carboxylic acids is 1. The molecule has 2 heterocycles. The van der Waals surface area contributed by atoms with Crippen molar-refractivity contribution in [2.75, 3.05) is 0 Å². The first-order valence-electron chi connectivity index (χ1n) is 6.31. The molecular weight excluding hydrogens is 304 g/mol. The number of aryl methyl sites for hydroxylation is 1. The largest absolute Gasteiger partial charge is 0.478 e. The summed E-state index contributed by atoms with van der Waals surface area (Å²) >= 11 is 3.24. The van der Waals surface area contributed by atoms with Crippen molar-refractivity contribution in [1.82, 2.24) is 9.97 Å². The summed E-state index contributed by atoms with van der Waals surface area (Å²) in [5.74, 6) is -0.917. The molecule has 21 heavy (non-hydrogen) atoms. The fourth-order valence-electron chi connectivity index (χ4n) is 1.95. The van der Waals surface area contributed by atoms with Crippen molar-refractivity contribution in [3.05, 3.63) is 56.3 Å². The zero-order valence-electron chi connectivity index (χ0n) is 11.2. The molecule has 0 aliphatic rings. The maximum Gasteiger partial charge on any atom is 0.335 e. The van der Waals surface area contributed by atoms with Gasteiger partial charge in [0.1, 0.15) is 0 Å². The third-order valence-electron chi connectivity index (χ3n) is 2.98. The second-order valence-corrected chi connectivity index (χ2v) is 6.55. The second kappa shape index (κ2) is 5.75. The van der Waals surface area contributed by atoms with Gasteiger partial charge in [-0.25, -0.2) is 14.8 Å². The number of carboxylic acids is 1. The van der Waals surface area contributed by atoms with Crippen LogP contribution >= 0.6 is 22.7 Å². The van der Waals surface area contributed by atoms with Crippen LogP contribution in [0.2, 0.25) is 0 Å². The molecule has 0 radical (unpaired) electrons. The lowest BCUT2D eigenvalue weighted by atomic mass is 10.1. The normalized spacial score (nSPS) is 10.7. The molecule has 0 saturated heterocycles. The monoisotopic (exact) mass is 316 g/mol. The molecule has 4 nitrogen and oxygen atoms in total. The summed E-state index contributed by atoms with van der Waals surface area (Å²) in [5.41, 5.74) is 3.13. The summed E-state index contributed by atoms with van der Waals surface area (Å²) in [5, 5.41) is 15.0. The first kappa shape index (κ1) is 13.9. The minimum Gasteiger partial charge on any atom is -0.478 e. The number of hydrogen-bond acceptors (Lipinski definition) is 5.